The monoisotopic (exact) mass is 360 g/mol. The molecule has 0 saturated carbocycles. The maximum absolute atomic E-state index is 13.2. The van der Waals surface area contributed by atoms with Crippen molar-refractivity contribution in [1.82, 2.24) is 10.2 Å². The molecule has 0 spiro atoms. The van der Waals surface area contributed by atoms with E-state index in [1.165, 1.54) is 12.1 Å². The number of carbonyl (C=O) groups is 1. The van der Waals surface area contributed by atoms with Gasteiger partial charge in [0.05, 0.1) is 19.7 Å². The summed E-state index contributed by atoms with van der Waals surface area (Å²) in [5, 5.41) is 2.81. The summed E-state index contributed by atoms with van der Waals surface area (Å²) in [6.45, 7) is 4.10. The van der Waals surface area contributed by atoms with Crippen molar-refractivity contribution in [3.05, 3.63) is 59.9 Å². The molecule has 6 heteroatoms. The van der Waals surface area contributed by atoms with Crippen molar-refractivity contribution in [1.29, 1.82) is 0 Å². The molecular weight excluding hydrogens is 335 g/mol. The first kappa shape index (κ1) is 19.7. The predicted molar refractivity (Wildman–Crippen MR) is 98.8 cm³/mol. The third kappa shape index (κ3) is 7.11. The lowest BCUT2D eigenvalue weighted by Gasteiger charge is -2.16. The molecule has 0 atom stereocenters. The Morgan fingerprint density at radius 2 is 1.81 bits per heavy atom. The van der Waals surface area contributed by atoms with Gasteiger partial charge >= 0.3 is 0 Å². The number of amides is 1. The van der Waals surface area contributed by atoms with Gasteiger partial charge in [-0.25, -0.2) is 4.39 Å². The van der Waals surface area contributed by atoms with Crippen LogP contribution in [-0.2, 0) is 11.3 Å². The Kier molecular flexibility index (Phi) is 7.89. The average molecular weight is 360 g/mol. The molecule has 1 N–H and O–H groups in total. The number of hydrogen-bond donors (Lipinski definition) is 1. The number of ether oxygens (including phenoxy) is 2. The zero-order valence-electron chi connectivity index (χ0n) is 15.2. The van der Waals surface area contributed by atoms with Crippen LogP contribution in [0.4, 0.5) is 4.39 Å². The molecule has 140 valence electrons. The maximum Gasteiger partial charge on any atom is 0.234 e. The summed E-state index contributed by atoms with van der Waals surface area (Å²) in [5.74, 6) is 1.16. The van der Waals surface area contributed by atoms with E-state index in [0.717, 1.165) is 17.1 Å². The molecule has 0 radical (unpaired) electrons. The van der Waals surface area contributed by atoms with Gasteiger partial charge < -0.3 is 14.8 Å². The highest BCUT2D eigenvalue weighted by atomic mass is 19.1. The highest BCUT2D eigenvalue weighted by Crippen LogP contribution is 2.17. The minimum absolute atomic E-state index is 0.0980. The Balaban J connectivity index is 1.63. The summed E-state index contributed by atoms with van der Waals surface area (Å²) >= 11 is 0. The summed E-state index contributed by atoms with van der Waals surface area (Å²) in [4.78, 5) is 13.8. The molecule has 2 aromatic carbocycles. The Labute approximate surface area is 153 Å². The molecular formula is C20H25FN2O3. The second-order valence-corrected chi connectivity index (χ2v) is 5.91. The quantitative estimate of drug-likeness (QED) is 0.662. The second-order valence-electron chi connectivity index (χ2n) is 5.91. The Hall–Kier alpha value is -2.60. The summed E-state index contributed by atoms with van der Waals surface area (Å²) in [6.07, 6.45) is 0. The highest BCUT2D eigenvalue weighted by Gasteiger charge is 2.07. The summed E-state index contributed by atoms with van der Waals surface area (Å²) in [7, 11) is 1.82. The fraction of sp³-hybridized carbons (Fsp3) is 0.350. The van der Waals surface area contributed by atoms with Crippen molar-refractivity contribution >= 4 is 5.91 Å². The van der Waals surface area contributed by atoms with E-state index < -0.39 is 0 Å². The van der Waals surface area contributed by atoms with Crippen LogP contribution >= 0.6 is 0 Å². The zero-order chi connectivity index (χ0) is 18.8. The first-order valence-electron chi connectivity index (χ1n) is 8.62. The van der Waals surface area contributed by atoms with Crippen molar-refractivity contribution in [2.75, 3.05) is 33.4 Å². The van der Waals surface area contributed by atoms with Crippen molar-refractivity contribution in [3.63, 3.8) is 0 Å². The molecule has 2 rings (SSSR count). The first-order valence-corrected chi connectivity index (χ1v) is 8.62. The number of benzene rings is 2. The van der Waals surface area contributed by atoms with E-state index in [2.05, 4.69) is 5.32 Å². The van der Waals surface area contributed by atoms with Crippen LogP contribution in [0.5, 0.6) is 11.5 Å². The van der Waals surface area contributed by atoms with Gasteiger partial charge in [0.15, 0.2) is 0 Å². The molecule has 0 aliphatic heterocycles. The highest BCUT2D eigenvalue weighted by molar-refractivity contribution is 5.77. The molecule has 0 fully saturated rings. The smallest absolute Gasteiger partial charge is 0.234 e. The molecule has 5 nitrogen and oxygen atoms in total. The standard InChI is InChI=1S/C20H25FN2O3/c1-3-25-18-7-9-19(10-8-18)26-12-11-22-20(24)15-23(2)14-16-5-4-6-17(21)13-16/h4-10,13H,3,11-12,14-15H2,1-2H3,(H,22,24). The van der Waals surface area contributed by atoms with E-state index >= 15 is 0 Å². The summed E-state index contributed by atoms with van der Waals surface area (Å²) in [5.41, 5.74) is 0.833. The number of nitrogens with zero attached hydrogens (tertiary/aromatic N) is 1. The molecule has 2 aromatic rings. The third-order valence-corrected chi connectivity index (χ3v) is 3.58. The molecule has 0 aliphatic carbocycles. The summed E-state index contributed by atoms with van der Waals surface area (Å²) in [6, 6.07) is 13.7. The molecule has 1 amide bonds. The van der Waals surface area contributed by atoms with E-state index in [1.54, 1.807) is 6.07 Å². The van der Waals surface area contributed by atoms with Crippen molar-refractivity contribution in [2.45, 2.75) is 13.5 Å². The Morgan fingerprint density at radius 3 is 2.46 bits per heavy atom. The van der Waals surface area contributed by atoms with Crippen LogP contribution in [-0.4, -0.2) is 44.2 Å². The Bertz CT molecular complexity index is 692. The van der Waals surface area contributed by atoms with E-state index in [0.29, 0.717) is 26.3 Å². The van der Waals surface area contributed by atoms with E-state index in [4.69, 9.17) is 9.47 Å². The van der Waals surface area contributed by atoms with Gasteiger partial charge in [-0.2, -0.15) is 0 Å². The van der Waals surface area contributed by atoms with Gasteiger partial charge in [-0.1, -0.05) is 12.1 Å². The van der Waals surface area contributed by atoms with E-state index in [-0.39, 0.29) is 18.3 Å². The van der Waals surface area contributed by atoms with Gasteiger partial charge in [0.25, 0.3) is 0 Å². The largest absolute Gasteiger partial charge is 0.494 e. The number of carbonyl (C=O) groups excluding carboxylic acids is 1. The van der Waals surface area contributed by atoms with Gasteiger partial charge in [0.1, 0.15) is 23.9 Å². The molecule has 0 aromatic heterocycles. The van der Waals surface area contributed by atoms with Crippen molar-refractivity contribution in [2.24, 2.45) is 0 Å². The van der Waals surface area contributed by atoms with Crippen LogP contribution in [0.1, 0.15) is 12.5 Å². The maximum atomic E-state index is 13.2. The van der Waals surface area contributed by atoms with Gasteiger partial charge in [-0.05, 0) is 55.9 Å². The minimum Gasteiger partial charge on any atom is -0.494 e. The van der Waals surface area contributed by atoms with Gasteiger partial charge in [-0.15, -0.1) is 0 Å². The van der Waals surface area contributed by atoms with Gasteiger partial charge in [0.2, 0.25) is 5.91 Å². The number of nitrogens with one attached hydrogen (secondary N) is 1. The molecule has 0 heterocycles. The van der Waals surface area contributed by atoms with Crippen LogP contribution in [0.15, 0.2) is 48.5 Å². The fourth-order valence-electron chi connectivity index (χ4n) is 2.46. The van der Waals surface area contributed by atoms with Gasteiger partial charge in [-0.3, -0.25) is 9.69 Å². The topological polar surface area (TPSA) is 50.8 Å². The number of halogens is 1. The molecule has 26 heavy (non-hydrogen) atoms. The van der Waals surface area contributed by atoms with Crippen LogP contribution < -0.4 is 14.8 Å². The molecule has 0 bridgehead atoms. The zero-order valence-corrected chi connectivity index (χ0v) is 15.2. The first-order chi connectivity index (χ1) is 12.6. The number of likely N-dealkylation sites (N-methyl/N-ethyl adjacent to an activating group) is 1. The van der Waals surface area contributed by atoms with Crippen LogP contribution in [0.25, 0.3) is 0 Å². The lowest BCUT2D eigenvalue weighted by molar-refractivity contribution is -0.122. The lowest BCUT2D eigenvalue weighted by Crippen LogP contribution is -2.36. The van der Waals surface area contributed by atoms with Crippen molar-refractivity contribution < 1.29 is 18.7 Å². The van der Waals surface area contributed by atoms with Gasteiger partial charge in [0, 0.05) is 6.54 Å². The van der Waals surface area contributed by atoms with Crippen LogP contribution in [0, 0.1) is 5.82 Å². The normalized spacial score (nSPS) is 10.6. The summed E-state index contributed by atoms with van der Waals surface area (Å²) < 4.78 is 24.1. The second kappa shape index (κ2) is 10.4. The average Bonchev–Trinajstić information content (AvgIpc) is 2.60. The van der Waals surface area contributed by atoms with Crippen molar-refractivity contribution in [3.8, 4) is 11.5 Å². The van der Waals surface area contributed by atoms with Crippen LogP contribution in [0.2, 0.25) is 0 Å². The van der Waals surface area contributed by atoms with E-state index in [1.807, 2.05) is 49.2 Å². The van der Waals surface area contributed by atoms with E-state index in [9.17, 15) is 9.18 Å². The molecule has 0 aliphatic rings. The third-order valence-electron chi connectivity index (χ3n) is 3.58. The van der Waals surface area contributed by atoms with Crippen LogP contribution in [0.3, 0.4) is 0 Å². The molecule has 0 saturated heterocycles. The SMILES string of the molecule is CCOc1ccc(OCCNC(=O)CN(C)Cc2cccc(F)c2)cc1. The number of rotatable bonds is 10. The minimum atomic E-state index is -0.271. The fourth-order valence-corrected chi connectivity index (χ4v) is 2.46. The Morgan fingerprint density at radius 1 is 1.12 bits per heavy atom. The molecule has 0 unspecified atom stereocenters. The lowest BCUT2D eigenvalue weighted by atomic mass is 10.2. The predicted octanol–water partition coefficient (Wildman–Crippen LogP) is 2.85. The number of hydrogen-bond acceptors (Lipinski definition) is 4.